The van der Waals surface area contributed by atoms with Gasteiger partial charge in [0.15, 0.2) is 6.17 Å². The van der Waals surface area contributed by atoms with Crippen molar-refractivity contribution in [2.45, 2.75) is 38.3 Å². The van der Waals surface area contributed by atoms with Crippen molar-refractivity contribution < 1.29 is 18.4 Å². The van der Waals surface area contributed by atoms with Crippen molar-refractivity contribution in [1.82, 2.24) is 0 Å². The molecule has 0 saturated carbocycles. The van der Waals surface area contributed by atoms with Crippen LogP contribution >= 0.6 is 0 Å². The van der Waals surface area contributed by atoms with E-state index in [1.807, 2.05) is 0 Å². The molecule has 0 saturated heterocycles. The SMILES string of the molecule is CCC(F)C(F)CC(N=C=O)N=C=O. The van der Waals surface area contributed by atoms with Crippen molar-refractivity contribution in [2.75, 3.05) is 0 Å². The zero-order chi connectivity index (χ0) is 11.0. The summed E-state index contributed by atoms with van der Waals surface area (Å²) < 4.78 is 25.6. The quantitative estimate of drug-likeness (QED) is 0.485. The van der Waals surface area contributed by atoms with Crippen LogP contribution in [0.3, 0.4) is 0 Å². The van der Waals surface area contributed by atoms with Gasteiger partial charge in [-0.05, 0) is 6.42 Å². The number of alkyl halides is 2. The van der Waals surface area contributed by atoms with Gasteiger partial charge in [0.2, 0.25) is 12.2 Å². The molecule has 2 atom stereocenters. The first-order valence-corrected chi connectivity index (χ1v) is 4.07. The predicted molar refractivity (Wildman–Crippen MR) is 44.7 cm³/mol. The fourth-order valence-corrected chi connectivity index (χ4v) is 0.861. The molecule has 0 rings (SSSR count). The maximum atomic E-state index is 12.9. The Morgan fingerprint density at radius 1 is 1.14 bits per heavy atom. The summed E-state index contributed by atoms with van der Waals surface area (Å²) >= 11 is 0. The van der Waals surface area contributed by atoms with Gasteiger partial charge in [0.1, 0.15) is 12.3 Å². The first-order valence-electron chi connectivity index (χ1n) is 4.07. The van der Waals surface area contributed by atoms with Crippen LogP contribution in [-0.2, 0) is 9.59 Å². The Bertz CT molecular complexity index is 242. The Kier molecular flexibility index (Phi) is 6.37. The second kappa shape index (κ2) is 7.06. The molecule has 6 heteroatoms. The van der Waals surface area contributed by atoms with Gasteiger partial charge in [0.25, 0.3) is 0 Å². The third kappa shape index (κ3) is 4.60. The molecule has 4 nitrogen and oxygen atoms in total. The van der Waals surface area contributed by atoms with Crippen LogP contribution in [0.5, 0.6) is 0 Å². The van der Waals surface area contributed by atoms with Gasteiger partial charge in [-0.2, -0.15) is 9.98 Å². The fourth-order valence-electron chi connectivity index (χ4n) is 0.861. The minimum atomic E-state index is -1.79. The summed E-state index contributed by atoms with van der Waals surface area (Å²) in [6.45, 7) is 1.48. The van der Waals surface area contributed by atoms with E-state index in [0.29, 0.717) is 0 Å². The maximum absolute atomic E-state index is 12.9. The van der Waals surface area contributed by atoms with E-state index in [4.69, 9.17) is 0 Å². The molecular weight excluding hydrogens is 194 g/mol. The largest absolute Gasteiger partial charge is 0.244 e. The molecule has 2 unspecified atom stereocenters. The van der Waals surface area contributed by atoms with Crippen molar-refractivity contribution >= 4 is 12.2 Å². The van der Waals surface area contributed by atoms with Crippen molar-refractivity contribution in [3.8, 4) is 0 Å². The van der Waals surface area contributed by atoms with Crippen LogP contribution in [0.4, 0.5) is 8.78 Å². The average molecular weight is 204 g/mol. The fraction of sp³-hybridized carbons (Fsp3) is 0.750. The normalized spacial score (nSPS) is 15.9. The number of rotatable bonds is 6. The number of hydrogen-bond donors (Lipinski definition) is 0. The van der Waals surface area contributed by atoms with E-state index in [9.17, 15) is 18.4 Å². The molecule has 78 valence electrons. The van der Waals surface area contributed by atoms with Crippen molar-refractivity contribution in [3.05, 3.63) is 0 Å². The molecule has 0 aliphatic rings. The van der Waals surface area contributed by atoms with Gasteiger partial charge in [-0.15, -0.1) is 0 Å². The molecule has 0 aromatic heterocycles. The number of isocyanates is 2. The van der Waals surface area contributed by atoms with E-state index in [2.05, 4.69) is 9.98 Å². The Balaban J connectivity index is 4.28. The Morgan fingerprint density at radius 3 is 2.00 bits per heavy atom. The summed E-state index contributed by atoms with van der Waals surface area (Å²) in [6, 6.07) is 0. The highest BCUT2D eigenvalue weighted by Gasteiger charge is 2.22. The highest BCUT2D eigenvalue weighted by molar-refractivity contribution is 5.36. The molecule has 0 aromatic carbocycles. The highest BCUT2D eigenvalue weighted by atomic mass is 19.2. The predicted octanol–water partition coefficient (Wildman–Crippen LogP) is 1.46. The number of nitrogens with zero attached hydrogens (tertiary/aromatic N) is 2. The summed E-state index contributed by atoms with van der Waals surface area (Å²) in [6.07, 6.45) is -2.82. The molecule has 0 aliphatic carbocycles. The van der Waals surface area contributed by atoms with Crippen LogP contribution < -0.4 is 0 Å². The topological polar surface area (TPSA) is 58.9 Å². The minimum absolute atomic E-state index is 0.0174. The monoisotopic (exact) mass is 204 g/mol. The van der Waals surface area contributed by atoms with Gasteiger partial charge >= 0.3 is 0 Å². The molecule has 0 spiro atoms. The maximum Gasteiger partial charge on any atom is 0.237 e. The molecule has 0 bridgehead atoms. The van der Waals surface area contributed by atoms with Gasteiger partial charge in [-0.3, -0.25) is 0 Å². The first kappa shape index (κ1) is 12.6. The standard InChI is InChI=1S/C8H10F2N2O2/c1-2-6(9)7(10)3-8(11-4-13)12-5-14/h6-8H,2-3H2,1H3. The summed E-state index contributed by atoms with van der Waals surface area (Å²) in [7, 11) is 0. The second-order valence-electron chi connectivity index (χ2n) is 2.60. The summed E-state index contributed by atoms with van der Waals surface area (Å²) in [5.74, 6) is 0. The lowest BCUT2D eigenvalue weighted by atomic mass is 10.1. The molecule has 0 amide bonds. The van der Waals surface area contributed by atoms with Gasteiger partial charge < -0.3 is 0 Å². The van der Waals surface area contributed by atoms with Crippen molar-refractivity contribution in [1.29, 1.82) is 0 Å². The van der Waals surface area contributed by atoms with E-state index < -0.39 is 24.9 Å². The Morgan fingerprint density at radius 2 is 1.64 bits per heavy atom. The van der Waals surface area contributed by atoms with E-state index in [0.717, 1.165) is 12.2 Å². The molecule has 14 heavy (non-hydrogen) atoms. The molecule has 0 fully saturated rings. The molecular formula is C8H10F2N2O2. The van der Waals surface area contributed by atoms with Crippen molar-refractivity contribution in [3.63, 3.8) is 0 Å². The van der Waals surface area contributed by atoms with Crippen molar-refractivity contribution in [2.24, 2.45) is 9.98 Å². The van der Waals surface area contributed by atoms with Crippen LogP contribution in [0.1, 0.15) is 19.8 Å². The summed E-state index contributed by atoms with van der Waals surface area (Å²) in [5, 5.41) is 0. The second-order valence-corrected chi connectivity index (χ2v) is 2.60. The van der Waals surface area contributed by atoms with Crippen LogP contribution in [0.2, 0.25) is 0 Å². The summed E-state index contributed by atoms with van der Waals surface area (Å²) in [4.78, 5) is 25.7. The minimum Gasteiger partial charge on any atom is -0.244 e. The van der Waals surface area contributed by atoms with Crippen LogP contribution in [0.15, 0.2) is 9.98 Å². The van der Waals surface area contributed by atoms with Crippen LogP contribution in [0, 0.1) is 0 Å². The third-order valence-corrected chi connectivity index (χ3v) is 1.62. The number of carbonyl (C=O) groups excluding carboxylic acids is 2. The van der Waals surface area contributed by atoms with E-state index in [1.165, 1.54) is 6.92 Å². The molecule has 0 radical (unpaired) electrons. The number of halogens is 2. The van der Waals surface area contributed by atoms with Gasteiger partial charge in [-0.1, -0.05) is 6.92 Å². The van der Waals surface area contributed by atoms with Gasteiger partial charge in [0, 0.05) is 6.42 Å². The highest BCUT2D eigenvalue weighted by Crippen LogP contribution is 2.15. The lowest BCUT2D eigenvalue weighted by molar-refractivity contribution is 0.147. The molecule has 0 N–H and O–H groups in total. The average Bonchev–Trinajstić information content (AvgIpc) is 2.17. The first-order chi connectivity index (χ1) is 6.65. The summed E-state index contributed by atoms with van der Waals surface area (Å²) in [5.41, 5.74) is 0. The Hall–Kier alpha value is -1.38. The van der Waals surface area contributed by atoms with Crippen LogP contribution in [0.25, 0.3) is 0 Å². The molecule has 0 heterocycles. The lowest BCUT2D eigenvalue weighted by Gasteiger charge is -2.12. The van der Waals surface area contributed by atoms with Gasteiger partial charge in [-0.25, -0.2) is 18.4 Å². The number of aliphatic imine (C=N–C) groups is 2. The van der Waals surface area contributed by atoms with Gasteiger partial charge in [0.05, 0.1) is 0 Å². The smallest absolute Gasteiger partial charge is 0.237 e. The third-order valence-electron chi connectivity index (χ3n) is 1.62. The zero-order valence-corrected chi connectivity index (χ0v) is 7.61. The zero-order valence-electron chi connectivity index (χ0n) is 7.61. The van der Waals surface area contributed by atoms with Crippen LogP contribution in [-0.4, -0.2) is 30.7 Å². The van der Waals surface area contributed by atoms with E-state index >= 15 is 0 Å². The Labute approximate surface area is 79.7 Å². The van der Waals surface area contributed by atoms with E-state index in [-0.39, 0.29) is 6.42 Å². The molecule has 0 aromatic rings. The number of hydrogen-bond acceptors (Lipinski definition) is 4. The lowest BCUT2D eigenvalue weighted by Crippen LogP contribution is -2.21. The van der Waals surface area contributed by atoms with E-state index in [1.54, 1.807) is 0 Å². The molecule has 0 aliphatic heterocycles.